The second kappa shape index (κ2) is 5.94. The zero-order valence-corrected chi connectivity index (χ0v) is 14.2. The molecule has 2 atom stereocenters. The van der Waals surface area contributed by atoms with Crippen LogP contribution in [0.3, 0.4) is 0 Å². The zero-order valence-electron chi connectivity index (χ0n) is 14.2. The Labute approximate surface area is 140 Å². The van der Waals surface area contributed by atoms with E-state index in [0.29, 0.717) is 6.61 Å². The van der Waals surface area contributed by atoms with E-state index in [-0.39, 0.29) is 12.2 Å². The Hall–Kier alpha value is -2.34. The SMILES string of the molecule is CCOc1ccc2[nH]c3c(N4C[C@@H](C)O[C@@H](C)C4)ncnc3c2c1. The number of fused-ring (bicyclic) bond motifs is 3. The Morgan fingerprint density at radius 2 is 2.04 bits per heavy atom. The normalized spacial score (nSPS) is 21.5. The molecule has 24 heavy (non-hydrogen) atoms. The van der Waals surface area contributed by atoms with Crippen LogP contribution in [-0.4, -0.2) is 46.9 Å². The summed E-state index contributed by atoms with van der Waals surface area (Å²) in [5.41, 5.74) is 2.95. The molecule has 0 spiro atoms. The lowest BCUT2D eigenvalue weighted by atomic mass is 10.2. The number of aromatic nitrogens is 3. The first-order valence-corrected chi connectivity index (χ1v) is 8.45. The van der Waals surface area contributed by atoms with Crippen molar-refractivity contribution >= 4 is 27.8 Å². The molecule has 3 aromatic rings. The molecule has 1 N–H and O–H groups in total. The Kier molecular flexibility index (Phi) is 3.76. The molecule has 2 aromatic heterocycles. The summed E-state index contributed by atoms with van der Waals surface area (Å²) in [6, 6.07) is 6.06. The van der Waals surface area contributed by atoms with Gasteiger partial charge in [0.15, 0.2) is 5.82 Å². The van der Waals surface area contributed by atoms with E-state index >= 15 is 0 Å². The van der Waals surface area contributed by atoms with Crippen LogP contribution >= 0.6 is 0 Å². The fraction of sp³-hybridized carbons (Fsp3) is 0.444. The topological polar surface area (TPSA) is 63.3 Å². The van der Waals surface area contributed by atoms with Crippen LogP contribution < -0.4 is 9.64 Å². The van der Waals surface area contributed by atoms with Crippen molar-refractivity contribution in [3.63, 3.8) is 0 Å². The molecular weight excluding hydrogens is 304 g/mol. The van der Waals surface area contributed by atoms with E-state index < -0.39 is 0 Å². The van der Waals surface area contributed by atoms with Gasteiger partial charge in [-0.05, 0) is 39.0 Å². The van der Waals surface area contributed by atoms with Crippen LogP contribution in [0.15, 0.2) is 24.5 Å². The van der Waals surface area contributed by atoms with Gasteiger partial charge in [-0.15, -0.1) is 0 Å². The Bertz CT molecular complexity index is 866. The van der Waals surface area contributed by atoms with Crippen LogP contribution in [0.5, 0.6) is 5.75 Å². The molecule has 4 rings (SSSR count). The maximum Gasteiger partial charge on any atom is 0.156 e. The predicted molar refractivity (Wildman–Crippen MR) is 94.8 cm³/mol. The van der Waals surface area contributed by atoms with Crippen molar-refractivity contribution in [2.45, 2.75) is 33.0 Å². The van der Waals surface area contributed by atoms with Gasteiger partial charge in [0.2, 0.25) is 0 Å². The molecule has 0 radical (unpaired) electrons. The van der Waals surface area contributed by atoms with Gasteiger partial charge in [0.25, 0.3) is 0 Å². The Balaban J connectivity index is 1.83. The molecule has 1 aliphatic rings. The number of anilines is 1. The van der Waals surface area contributed by atoms with Crippen molar-refractivity contribution in [2.75, 3.05) is 24.6 Å². The summed E-state index contributed by atoms with van der Waals surface area (Å²) in [6.45, 7) is 8.49. The van der Waals surface area contributed by atoms with Gasteiger partial charge in [-0.1, -0.05) is 0 Å². The highest BCUT2D eigenvalue weighted by atomic mass is 16.5. The first-order valence-electron chi connectivity index (χ1n) is 8.45. The van der Waals surface area contributed by atoms with Gasteiger partial charge in [-0.3, -0.25) is 0 Å². The summed E-state index contributed by atoms with van der Waals surface area (Å²) in [4.78, 5) is 14.8. The highest BCUT2D eigenvalue weighted by molar-refractivity contribution is 6.08. The number of hydrogen-bond acceptors (Lipinski definition) is 5. The van der Waals surface area contributed by atoms with Crippen molar-refractivity contribution in [1.29, 1.82) is 0 Å². The van der Waals surface area contributed by atoms with Gasteiger partial charge < -0.3 is 19.4 Å². The number of hydrogen-bond donors (Lipinski definition) is 1. The van der Waals surface area contributed by atoms with Gasteiger partial charge in [0, 0.05) is 24.0 Å². The third-order valence-corrected chi connectivity index (χ3v) is 4.36. The van der Waals surface area contributed by atoms with Crippen molar-refractivity contribution in [3.8, 4) is 5.75 Å². The van der Waals surface area contributed by atoms with Gasteiger partial charge in [0.05, 0.1) is 18.8 Å². The number of rotatable bonds is 3. The van der Waals surface area contributed by atoms with Gasteiger partial charge in [-0.25, -0.2) is 9.97 Å². The van der Waals surface area contributed by atoms with E-state index in [9.17, 15) is 0 Å². The summed E-state index contributed by atoms with van der Waals surface area (Å²) >= 11 is 0. The first-order chi connectivity index (χ1) is 11.7. The van der Waals surface area contributed by atoms with Crippen LogP contribution in [0.25, 0.3) is 21.9 Å². The van der Waals surface area contributed by atoms with Crippen molar-refractivity contribution in [1.82, 2.24) is 15.0 Å². The monoisotopic (exact) mass is 326 g/mol. The number of H-pyrrole nitrogens is 1. The number of morpholine rings is 1. The standard InChI is InChI=1S/C18H22N4O2/c1-4-23-13-5-6-15-14(7-13)16-17(21-15)18(20-10-19-16)22-8-11(2)24-12(3)9-22/h5-7,10-12,21H,4,8-9H2,1-3H3/t11-,12+. The minimum Gasteiger partial charge on any atom is -0.494 e. The van der Waals surface area contributed by atoms with Crippen LogP contribution in [0.2, 0.25) is 0 Å². The van der Waals surface area contributed by atoms with Gasteiger partial charge in [0.1, 0.15) is 23.1 Å². The van der Waals surface area contributed by atoms with Crippen molar-refractivity contribution < 1.29 is 9.47 Å². The number of ether oxygens (including phenoxy) is 2. The number of aromatic amines is 1. The fourth-order valence-electron chi connectivity index (χ4n) is 3.51. The molecule has 1 saturated heterocycles. The van der Waals surface area contributed by atoms with E-state index in [1.54, 1.807) is 6.33 Å². The summed E-state index contributed by atoms with van der Waals surface area (Å²) in [5, 5.41) is 1.06. The Morgan fingerprint density at radius 1 is 1.25 bits per heavy atom. The van der Waals surface area contributed by atoms with Crippen LogP contribution in [0.4, 0.5) is 5.82 Å². The molecule has 3 heterocycles. The third kappa shape index (κ3) is 2.57. The van der Waals surface area contributed by atoms with E-state index in [0.717, 1.165) is 46.6 Å². The molecule has 0 unspecified atom stereocenters. The maximum absolute atomic E-state index is 5.84. The number of benzene rings is 1. The van der Waals surface area contributed by atoms with Gasteiger partial charge >= 0.3 is 0 Å². The molecule has 0 bridgehead atoms. The summed E-state index contributed by atoms with van der Waals surface area (Å²) in [5.74, 6) is 1.80. The molecule has 1 fully saturated rings. The molecule has 0 amide bonds. The van der Waals surface area contributed by atoms with E-state index in [1.165, 1.54) is 0 Å². The summed E-state index contributed by atoms with van der Waals surface area (Å²) in [6.07, 6.45) is 2.02. The molecule has 0 saturated carbocycles. The molecule has 1 aromatic carbocycles. The smallest absolute Gasteiger partial charge is 0.156 e. The highest BCUT2D eigenvalue weighted by Gasteiger charge is 2.25. The maximum atomic E-state index is 5.84. The largest absolute Gasteiger partial charge is 0.494 e. The van der Waals surface area contributed by atoms with E-state index in [1.807, 2.05) is 25.1 Å². The zero-order chi connectivity index (χ0) is 16.7. The van der Waals surface area contributed by atoms with Crippen molar-refractivity contribution in [3.05, 3.63) is 24.5 Å². The molecule has 1 aliphatic heterocycles. The van der Waals surface area contributed by atoms with Gasteiger partial charge in [-0.2, -0.15) is 0 Å². The number of nitrogens with zero attached hydrogens (tertiary/aromatic N) is 3. The van der Waals surface area contributed by atoms with E-state index in [4.69, 9.17) is 9.47 Å². The minimum atomic E-state index is 0.188. The molecule has 6 heteroatoms. The number of nitrogens with one attached hydrogen (secondary N) is 1. The van der Waals surface area contributed by atoms with Crippen LogP contribution in [0, 0.1) is 0 Å². The molecule has 0 aliphatic carbocycles. The lowest BCUT2D eigenvalue weighted by Gasteiger charge is -2.36. The summed E-state index contributed by atoms with van der Waals surface area (Å²) < 4.78 is 11.5. The van der Waals surface area contributed by atoms with Crippen molar-refractivity contribution in [2.24, 2.45) is 0 Å². The Morgan fingerprint density at radius 3 is 2.79 bits per heavy atom. The molecule has 6 nitrogen and oxygen atoms in total. The predicted octanol–water partition coefficient (Wildman–Crippen LogP) is 3.12. The third-order valence-electron chi connectivity index (χ3n) is 4.36. The second-order valence-corrected chi connectivity index (χ2v) is 6.35. The van der Waals surface area contributed by atoms with E-state index in [2.05, 4.69) is 33.7 Å². The van der Waals surface area contributed by atoms with Crippen LogP contribution in [-0.2, 0) is 4.74 Å². The first kappa shape index (κ1) is 15.2. The summed E-state index contributed by atoms with van der Waals surface area (Å²) in [7, 11) is 0. The molecular formula is C18H22N4O2. The quantitative estimate of drug-likeness (QED) is 0.801. The lowest BCUT2D eigenvalue weighted by Crippen LogP contribution is -2.46. The fourth-order valence-corrected chi connectivity index (χ4v) is 3.51. The minimum absolute atomic E-state index is 0.188. The second-order valence-electron chi connectivity index (χ2n) is 6.35. The molecule has 126 valence electrons. The van der Waals surface area contributed by atoms with Crippen LogP contribution in [0.1, 0.15) is 20.8 Å². The average Bonchev–Trinajstić information content (AvgIpc) is 2.92. The lowest BCUT2D eigenvalue weighted by molar-refractivity contribution is -0.00538. The average molecular weight is 326 g/mol. The highest BCUT2D eigenvalue weighted by Crippen LogP contribution is 2.32.